The highest BCUT2D eigenvalue weighted by Gasteiger charge is 2.29. The maximum atomic E-state index is 13.5. The van der Waals surface area contributed by atoms with Gasteiger partial charge in [0.1, 0.15) is 6.54 Å². The minimum Gasteiger partial charge on any atom is -0.376 e. The number of carbonyl (C=O) groups excluding carboxylic acids is 2. The zero-order chi connectivity index (χ0) is 25.0. The van der Waals surface area contributed by atoms with E-state index in [0.717, 1.165) is 36.8 Å². The first-order valence-electron chi connectivity index (χ1n) is 12.1. The van der Waals surface area contributed by atoms with Crippen molar-refractivity contribution < 1.29 is 22.7 Å². The Hall–Kier alpha value is -2.75. The number of rotatable bonds is 8. The summed E-state index contributed by atoms with van der Waals surface area (Å²) < 4.78 is 33.2. The van der Waals surface area contributed by atoms with E-state index in [9.17, 15) is 18.0 Å². The fourth-order valence-electron chi connectivity index (χ4n) is 4.55. The van der Waals surface area contributed by atoms with Crippen molar-refractivity contribution in [3.05, 3.63) is 59.2 Å². The summed E-state index contributed by atoms with van der Waals surface area (Å²) in [5, 5.41) is 2.91. The third kappa shape index (κ3) is 5.91. The number of sulfonamides is 1. The number of carbonyl (C=O) groups is 2. The number of nitrogens with one attached hydrogen (secondary N) is 1. The highest BCUT2D eigenvalue weighted by Crippen LogP contribution is 2.23. The molecule has 0 aliphatic carbocycles. The van der Waals surface area contributed by atoms with E-state index in [-0.39, 0.29) is 35.6 Å². The summed E-state index contributed by atoms with van der Waals surface area (Å²) in [6.07, 6.45) is 3.24. The van der Waals surface area contributed by atoms with Crippen molar-refractivity contribution in [2.75, 3.05) is 38.1 Å². The lowest BCUT2D eigenvalue weighted by Gasteiger charge is -2.25. The van der Waals surface area contributed by atoms with Crippen LogP contribution in [0, 0.1) is 13.8 Å². The summed E-state index contributed by atoms with van der Waals surface area (Å²) in [7, 11) is -3.66. The molecule has 0 aromatic heterocycles. The lowest BCUT2D eigenvalue weighted by atomic mass is 10.1. The van der Waals surface area contributed by atoms with Crippen molar-refractivity contribution in [3.63, 3.8) is 0 Å². The van der Waals surface area contributed by atoms with Gasteiger partial charge in [-0.05, 0) is 74.9 Å². The third-order valence-electron chi connectivity index (χ3n) is 6.73. The summed E-state index contributed by atoms with van der Waals surface area (Å²) in [6.45, 7) is 5.63. The molecule has 2 heterocycles. The second-order valence-corrected chi connectivity index (χ2v) is 11.2. The summed E-state index contributed by atoms with van der Waals surface area (Å²) in [6, 6.07) is 11.8. The molecule has 2 aromatic rings. The summed E-state index contributed by atoms with van der Waals surface area (Å²) >= 11 is 0. The van der Waals surface area contributed by atoms with Crippen molar-refractivity contribution >= 4 is 27.5 Å². The Labute approximate surface area is 207 Å². The van der Waals surface area contributed by atoms with Gasteiger partial charge in [0, 0.05) is 37.5 Å². The van der Waals surface area contributed by atoms with E-state index in [0.29, 0.717) is 25.4 Å². The van der Waals surface area contributed by atoms with Crippen LogP contribution < -0.4 is 5.32 Å². The number of amides is 2. The molecule has 1 unspecified atom stereocenters. The van der Waals surface area contributed by atoms with E-state index in [1.54, 1.807) is 12.1 Å². The molecule has 0 bridgehead atoms. The van der Waals surface area contributed by atoms with Gasteiger partial charge in [0.25, 0.3) is 5.91 Å². The minimum atomic E-state index is -3.66. The van der Waals surface area contributed by atoms with Crippen molar-refractivity contribution in [2.45, 2.75) is 50.5 Å². The van der Waals surface area contributed by atoms with E-state index >= 15 is 0 Å². The molecule has 2 aromatic carbocycles. The molecule has 2 saturated heterocycles. The van der Waals surface area contributed by atoms with Gasteiger partial charge in [0.05, 0.1) is 11.0 Å². The standard InChI is InChI=1S/C26H33N3O5S/c1-19-8-5-12-24(20(19)2)27-25(30)18-28(17-22-10-7-15-34-22)26(31)21-9-6-11-23(16-21)35(32,33)29-13-3-4-14-29/h5-6,8-9,11-12,16,22H,3-4,7,10,13-15,17-18H2,1-2H3,(H,27,30). The fraction of sp³-hybridized carbons (Fsp3) is 0.462. The SMILES string of the molecule is Cc1cccc(NC(=O)CN(CC2CCCO2)C(=O)c2cccc(S(=O)(=O)N3CCCC3)c2)c1C. The number of nitrogens with zero attached hydrogens (tertiary/aromatic N) is 2. The molecule has 188 valence electrons. The van der Waals surface area contributed by atoms with Crippen LogP contribution in [0.1, 0.15) is 47.2 Å². The second-order valence-electron chi connectivity index (χ2n) is 9.26. The van der Waals surface area contributed by atoms with Gasteiger partial charge < -0.3 is 15.0 Å². The zero-order valence-electron chi connectivity index (χ0n) is 20.3. The molecule has 2 aliphatic rings. The number of ether oxygens (including phenoxy) is 1. The average molecular weight is 500 g/mol. The molecular formula is C26H33N3O5S. The molecule has 1 atom stereocenters. The maximum absolute atomic E-state index is 13.5. The summed E-state index contributed by atoms with van der Waals surface area (Å²) in [5.41, 5.74) is 2.98. The van der Waals surface area contributed by atoms with Crippen LogP contribution in [0.15, 0.2) is 47.4 Å². The van der Waals surface area contributed by atoms with Crippen LogP contribution in [0.5, 0.6) is 0 Å². The molecule has 8 nitrogen and oxygen atoms in total. The minimum absolute atomic E-state index is 0.0992. The number of hydrogen-bond donors (Lipinski definition) is 1. The van der Waals surface area contributed by atoms with Crippen LogP contribution in [0.3, 0.4) is 0 Å². The van der Waals surface area contributed by atoms with Crippen molar-refractivity contribution in [1.29, 1.82) is 0 Å². The zero-order valence-corrected chi connectivity index (χ0v) is 21.1. The Kier molecular flexibility index (Phi) is 7.88. The number of benzene rings is 2. The van der Waals surface area contributed by atoms with Crippen LogP contribution in [0.4, 0.5) is 5.69 Å². The normalized spacial score (nSPS) is 18.5. The molecule has 0 spiro atoms. The average Bonchev–Trinajstić information content (AvgIpc) is 3.56. The van der Waals surface area contributed by atoms with E-state index < -0.39 is 15.9 Å². The van der Waals surface area contributed by atoms with E-state index in [2.05, 4.69) is 5.32 Å². The van der Waals surface area contributed by atoms with Crippen LogP contribution >= 0.6 is 0 Å². The first-order chi connectivity index (χ1) is 16.8. The third-order valence-corrected chi connectivity index (χ3v) is 8.63. The number of aryl methyl sites for hydroxylation is 1. The van der Waals surface area contributed by atoms with E-state index in [1.165, 1.54) is 21.3 Å². The summed E-state index contributed by atoms with van der Waals surface area (Å²) in [5.74, 6) is -0.707. The predicted molar refractivity (Wildman–Crippen MR) is 134 cm³/mol. The molecule has 1 N–H and O–H groups in total. The Bertz CT molecular complexity index is 1190. The van der Waals surface area contributed by atoms with Crippen molar-refractivity contribution in [2.24, 2.45) is 0 Å². The van der Waals surface area contributed by atoms with Gasteiger partial charge in [0.2, 0.25) is 15.9 Å². The Morgan fingerprint density at radius 2 is 1.83 bits per heavy atom. The molecule has 35 heavy (non-hydrogen) atoms. The predicted octanol–water partition coefficient (Wildman–Crippen LogP) is 3.35. The van der Waals surface area contributed by atoms with Gasteiger partial charge >= 0.3 is 0 Å². The molecule has 4 rings (SSSR count). The van der Waals surface area contributed by atoms with Gasteiger partial charge in [-0.1, -0.05) is 18.2 Å². The Balaban J connectivity index is 1.55. The molecule has 2 fully saturated rings. The van der Waals surface area contributed by atoms with Crippen LogP contribution in [0.2, 0.25) is 0 Å². The van der Waals surface area contributed by atoms with E-state index in [4.69, 9.17) is 4.74 Å². The lowest BCUT2D eigenvalue weighted by molar-refractivity contribution is -0.117. The molecule has 0 saturated carbocycles. The molecule has 2 aliphatic heterocycles. The lowest BCUT2D eigenvalue weighted by Crippen LogP contribution is -2.42. The highest BCUT2D eigenvalue weighted by molar-refractivity contribution is 7.89. The Morgan fingerprint density at radius 1 is 1.09 bits per heavy atom. The first kappa shape index (κ1) is 25.3. The molecular weight excluding hydrogens is 466 g/mol. The van der Waals surface area contributed by atoms with Gasteiger partial charge in [-0.25, -0.2) is 8.42 Å². The van der Waals surface area contributed by atoms with Crippen LogP contribution in [-0.2, 0) is 19.6 Å². The monoisotopic (exact) mass is 499 g/mol. The number of hydrogen-bond acceptors (Lipinski definition) is 5. The van der Waals surface area contributed by atoms with Gasteiger partial charge in [-0.3, -0.25) is 9.59 Å². The smallest absolute Gasteiger partial charge is 0.254 e. The van der Waals surface area contributed by atoms with Crippen molar-refractivity contribution in [3.8, 4) is 0 Å². The Morgan fingerprint density at radius 3 is 2.54 bits per heavy atom. The highest BCUT2D eigenvalue weighted by atomic mass is 32.2. The molecule has 2 amide bonds. The fourth-order valence-corrected chi connectivity index (χ4v) is 6.12. The quantitative estimate of drug-likeness (QED) is 0.601. The summed E-state index contributed by atoms with van der Waals surface area (Å²) in [4.78, 5) is 28.0. The van der Waals surface area contributed by atoms with Crippen LogP contribution in [0.25, 0.3) is 0 Å². The van der Waals surface area contributed by atoms with Crippen molar-refractivity contribution in [1.82, 2.24) is 9.21 Å². The van der Waals surface area contributed by atoms with Gasteiger partial charge in [-0.15, -0.1) is 0 Å². The van der Waals surface area contributed by atoms with Gasteiger partial charge in [-0.2, -0.15) is 4.31 Å². The second kappa shape index (κ2) is 10.9. The van der Waals surface area contributed by atoms with Crippen LogP contribution in [-0.4, -0.2) is 68.3 Å². The van der Waals surface area contributed by atoms with E-state index in [1.807, 2.05) is 32.0 Å². The maximum Gasteiger partial charge on any atom is 0.254 e. The first-order valence-corrected chi connectivity index (χ1v) is 13.6. The number of anilines is 1. The topological polar surface area (TPSA) is 96.0 Å². The van der Waals surface area contributed by atoms with Gasteiger partial charge in [0.15, 0.2) is 0 Å². The largest absolute Gasteiger partial charge is 0.376 e. The molecule has 0 radical (unpaired) electrons. The molecule has 9 heteroatoms.